The number of benzene rings is 3. The minimum Gasteiger partial charge on any atom is -0.496 e. The van der Waals surface area contributed by atoms with Crippen LogP contribution in [0, 0.1) is 0 Å². The van der Waals surface area contributed by atoms with Gasteiger partial charge in [0.25, 0.3) is 0 Å². The molecule has 0 saturated heterocycles. The van der Waals surface area contributed by atoms with Crippen molar-refractivity contribution in [1.29, 1.82) is 0 Å². The van der Waals surface area contributed by atoms with Gasteiger partial charge in [-0.25, -0.2) is 13.6 Å². The second-order valence-electron chi connectivity index (χ2n) is 8.09. The van der Waals surface area contributed by atoms with Crippen molar-refractivity contribution < 1.29 is 31.7 Å². The lowest BCUT2D eigenvalue weighted by molar-refractivity contribution is -0.118. The van der Waals surface area contributed by atoms with Crippen molar-refractivity contribution in [3.63, 3.8) is 0 Å². The van der Waals surface area contributed by atoms with Gasteiger partial charge in [-0.15, -0.1) is 0 Å². The lowest BCUT2D eigenvalue weighted by atomic mass is 9.94. The number of amides is 1. The van der Waals surface area contributed by atoms with Gasteiger partial charge in [-0.3, -0.25) is 4.79 Å². The van der Waals surface area contributed by atoms with E-state index in [1.165, 1.54) is 19.2 Å². The minimum absolute atomic E-state index is 0. The number of hydrogen-bond acceptors (Lipinski definition) is 6. The van der Waals surface area contributed by atoms with E-state index in [0.29, 0.717) is 34.1 Å². The van der Waals surface area contributed by atoms with Crippen LogP contribution in [0.2, 0.25) is 0 Å². The Morgan fingerprint density at radius 2 is 1.85 bits per heavy atom. The van der Waals surface area contributed by atoms with Gasteiger partial charge in [0, 0.05) is 15.5 Å². The molecular weight excluding hydrogens is 444 g/mol. The molecule has 1 aliphatic carbocycles. The highest BCUT2D eigenvalue weighted by molar-refractivity contribution is 7.89. The minimum atomic E-state index is -3.86. The molecule has 1 fully saturated rings. The van der Waals surface area contributed by atoms with Crippen molar-refractivity contribution in [2.24, 2.45) is 5.14 Å². The van der Waals surface area contributed by atoms with Gasteiger partial charge in [-0.05, 0) is 66.4 Å². The largest absolute Gasteiger partial charge is 0.496 e. The molecule has 0 aromatic heterocycles. The number of carbonyl (C=O) groups is 1. The molecule has 1 heterocycles. The molecule has 9 heteroatoms. The summed E-state index contributed by atoms with van der Waals surface area (Å²) >= 11 is 0. The Hall–Kier alpha value is -3.56. The normalized spacial score (nSPS) is 15.7. The van der Waals surface area contributed by atoms with E-state index in [9.17, 15) is 13.2 Å². The third-order valence-corrected chi connectivity index (χ3v) is 6.95. The molecular formula is C24H28N2O6S. The maximum absolute atomic E-state index is 13.3. The number of anilines is 1. The number of primary sulfonamides is 1. The van der Waals surface area contributed by atoms with Crippen LogP contribution < -0.4 is 24.7 Å². The van der Waals surface area contributed by atoms with Crippen LogP contribution in [0.4, 0.5) is 5.69 Å². The van der Waals surface area contributed by atoms with Gasteiger partial charge in [-0.2, -0.15) is 0 Å². The fraction of sp³-hybridized carbons (Fsp3) is 0.208. The first-order chi connectivity index (χ1) is 15.8. The van der Waals surface area contributed by atoms with Crippen LogP contribution in [0.1, 0.15) is 22.7 Å². The van der Waals surface area contributed by atoms with Gasteiger partial charge >= 0.3 is 0 Å². The molecule has 8 nitrogen and oxygen atoms in total. The summed E-state index contributed by atoms with van der Waals surface area (Å²) in [5.41, 5.74) is 2.08. The van der Waals surface area contributed by atoms with Crippen LogP contribution in [0.15, 0.2) is 65.6 Å². The summed E-state index contributed by atoms with van der Waals surface area (Å²) in [5.74, 6) is 1.75. The number of methoxy groups -OCH3 is 1. The van der Waals surface area contributed by atoms with E-state index in [1.807, 2.05) is 18.2 Å². The Morgan fingerprint density at radius 3 is 2.58 bits per heavy atom. The highest BCUT2D eigenvalue weighted by Gasteiger charge is 2.51. The number of nitrogens with two attached hydrogens (primary N) is 1. The molecule has 3 N–H and O–H groups in total. The number of carbonyl (C=O) groups excluding carboxylic acids is 1. The zero-order valence-electron chi connectivity index (χ0n) is 17.8. The molecule has 0 radical (unpaired) electrons. The predicted molar refractivity (Wildman–Crippen MR) is 128 cm³/mol. The molecule has 3 aromatic rings. The number of fused-ring (bicyclic) bond motifs is 1. The predicted octanol–water partition coefficient (Wildman–Crippen LogP) is 4.15. The number of rotatable bonds is 6. The van der Waals surface area contributed by atoms with Crippen LogP contribution in [0.5, 0.6) is 17.2 Å². The molecule has 1 aliphatic heterocycles. The maximum atomic E-state index is 13.3. The number of nitrogens with one attached hydrogen (secondary N) is 1. The Morgan fingerprint density at radius 1 is 1.06 bits per heavy atom. The Kier molecular flexibility index (Phi) is 5.02. The summed E-state index contributed by atoms with van der Waals surface area (Å²) in [5, 5.41) is 8.29. The summed E-state index contributed by atoms with van der Waals surface area (Å²) < 4.78 is 39.8. The van der Waals surface area contributed by atoms with Crippen LogP contribution in [0.25, 0.3) is 11.1 Å². The third-order valence-electron chi connectivity index (χ3n) is 6.04. The zero-order valence-corrected chi connectivity index (χ0v) is 18.6. The maximum Gasteiger partial charge on any atom is 0.238 e. The SMILES string of the molecule is COc1ccc(NC(=O)C2(c3ccc4c(c3)OCO4)CC2)cc1-c1cccc(S(N)(=O)=O)c1.[HH].[HH].[HH]. The number of sulfonamides is 1. The first kappa shape index (κ1) is 21.3. The molecule has 0 atom stereocenters. The molecule has 3 aromatic carbocycles. The topological polar surface area (TPSA) is 117 Å². The average Bonchev–Trinajstić information content (AvgIpc) is 3.49. The van der Waals surface area contributed by atoms with Gasteiger partial charge < -0.3 is 19.5 Å². The summed E-state index contributed by atoms with van der Waals surface area (Å²) in [7, 11) is -2.33. The van der Waals surface area contributed by atoms with E-state index in [0.717, 1.165) is 18.4 Å². The van der Waals surface area contributed by atoms with Crippen molar-refractivity contribution in [2.75, 3.05) is 19.2 Å². The van der Waals surface area contributed by atoms with Gasteiger partial charge in [0.1, 0.15) is 5.75 Å². The molecule has 5 rings (SSSR count). The molecule has 0 spiro atoms. The highest BCUT2D eigenvalue weighted by atomic mass is 32.2. The van der Waals surface area contributed by atoms with Crippen molar-refractivity contribution >= 4 is 21.6 Å². The van der Waals surface area contributed by atoms with Crippen LogP contribution >= 0.6 is 0 Å². The number of ether oxygens (including phenoxy) is 3. The lowest BCUT2D eigenvalue weighted by Crippen LogP contribution is -2.27. The molecule has 1 amide bonds. The van der Waals surface area contributed by atoms with Crippen molar-refractivity contribution in [2.45, 2.75) is 23.2 Å². The fourth-order valence-electron chi connectivity index (χ4n) is 4.07. The van der Waals surface area contributed by atoms with E-state index >= 15 is 0 Å². The standard InChI is InChI=1S/C24H22N2O6S.3H2/c1-30-20-8-6-17(13-19(20)15-3-2-4-18(11-15)33(25,28)29)26-23(27)24(9-10-24)16-5-7-21-22(12-16)32-14-31-21;;;/h2-8,11-13H,9-10,14H2,1H3,(H,26,27)(H2,25,28,29);3*1H. The van der Waals surface area contributed by atoms with Crippen molar-refractivity contribution in [3.05, 3.63) is 66.2 Å². The molecule has 2 aliphatic rings. The molecule has 176 valence electrons. The van der Waals surface area contributed by atoms with E-state index < -0.39 is 15.4 Å². The molecule has 33 heavy (non-hydrogen) atoms. The first-order valence-corrected chi connectivity index (χ1v) is 11.9. The average molecular weight is 473 g/mol. The molecule has 0 unspecified atom stereocenters. The van der Waals surface area contributed by atoms with Gasteiger partial charge in [0.05, 0.1) is 17.4 Å². The van der Waals surface area contributed by atoms with E-state index in [2.05, 4.69) is 5.32 Å². The van der Waals surface area contributed by atoms with Gasteiger partial charge in [0.2, 0.25) is 22.7 Å². The molecule has 1 saturated carbocycles. The van der Waals surface area contributed by atoms with Gasteiger partial charge in [-0.1, -0.05) is 18.2 Å². The van der Waals surface area contributed by atoms with Crippen molar-refractivity contribution in [1.82, 2.24) is 0 Å². The number of hydrogen-bond donors (Lipinski definition) is 2. The highest BCUT2D eigenvalue weighted by Crippen LogP contribution is 2.51. The fourth-order valence-corrected chi connectivity index (χ4v) is 4.63. The second-order valence-corrected chi connectivity index (χ2v) is 9.65. The van der Waals surface area contributed by atoms with Crippen LogP contribution in [-0.4, -0.2) is 28.2 Å². The van der Waals surface area contributed by atoms with E-state index in [1.54, 1.807) is 30.3 Å². The quantitative estimate of drug-likeness (QED) is 0.557. The zero-order chi connectivity index (χ0) is 23.2. The third kappa shape index (κ3) is 3.90. The van der Waals surface area contributed by atoms with Crippen LogP contribution in [-0.2, 0) is 20.2 Å². The van der Waals surface area contributed by atoms with Crippen molar-refractivity contribution in [3.8, 4) is 28.4 Å². The Labute approximate surface area is 195 Å². The summed E-state index contributed by atoms with van der Waals surface area (Å²) in [4.78, 5) is 13.3. The Bertz CT molecular complexity index is 1380. The smallest absolute Gasteiger partial charge is 0.238 e. The van der Waals surface area contributed by atoms with E-state index in [4.69, 9.17) is 19.3 Å². The summed E-state index contributed by atoms with van der Waals surface area (Å²) in [6, 6.07) is 17.1. The second kappa shape index (κ2) is 7.79. The monoisotopic (exact) mass is 472 g/mol. The Balaban J connectivity index is 0.00000152. The van der Waals surface area contributed by atoms with Crippen LogP contribution in [0.3, 0.4) is 0 Å². The van der Waals surface area contributed by atoms with Gasteiger partial charge in [0.15, 0.2) is 11.5 Å². The summed E-state index contributed by atoms with van der Waals surface area (Å²) in [6.07, 6.45) is 1.47. The molecule has 0 bridgehead atoms. The first-order valence-electron chi connectivity index (χ1n) is 10.3. The summed E-state index contributed by atoms with van der Waals surface area (Å²) in [6.45, 7) is 0.180. The lowest BCUT2D eigenvalue weighted by Gasteiger charge is -2.18. The van der Waals surface area contributed by atoms with E-state index in [-0.39, 0.29) is 21.9 Å².